The van der Waals surface area contributed by atoms with E-state index in [0.717, 1.165) is 12.0 Å². The van der Waals surface area contributed by atoms with Gasteiger partial charge >= 0.3 is 0 Å². The number of phenolic OH excluding ortho intramolecular Hbond substituents is 1. The zero-order chi connectivity index (χ0) is 10.0. The maximum atomic E-state index is 9.57. The Hall–Kier alpha value is -0.980. The van der Waals surface area contributed by atoms with E-state index in [1.807, 2.05) is 13.0 Å². The molecule has 1 nitrogen and oxygen atoms in total. The van der Waals surface area contributed by atoms with Crippen LogP contribution in [0.5, 0.6) is 5.75 Å². The Balaban J connectivity index is 3.25. The van der Waals surface area contributed by atoms with Crippen molar-refractivity contribution in [3.8, 4) is 5.75 Å². The number of phenols is 1. The molecule has 0 bridgehead atoms. The highest BCUT2D eigenvalue weighted by Gasteiger charge is 2.11. The molecule has 0 amide bonds. The van der Waals surface area contributed by atoms with Gasteiger partial charge in [0.05, 0.1) is 0 Å². The van der Waals surface area contributed by atoms with Crippen molar-refractivity contribution in [2.24, 2.45) is 0 Å². The minimum atomic E-state index is 0.418. The van der Waals surface area contributed by atoms with E-state index in [2.05, 4.69) is 20.8 Å². The zero-order valence-electron chi connectivity index (χ0n) is 8.89. The van der Waals surface area contributed by atoms with Gasteiger partial charge in [0.25, 0.3) is 0 Å². The molecule has 0 aromatic heterocycles. The van der Waals surface area contributed by atoms with E-state index < -0.39 is 0 Å². The third-order valence-corrected chi connectivity index (χ3v) is 2.81. The van der Waals surface area contributed by atoms with Crippen molar-refractivity contribution < 1.29 is 5.11 Å². The van der Waals surface area contributed by atoms with Crippen LogP contribution in [0.25, 0.3) is 0 Å². The van der Waals surface area contributed by atoms with Crippen molar-refractivity contribution in [3.63, 3.8) is 0 Å². The van der Waals surface area contributed by atoms with E-state index >= 15 is 0 Å². The molecular formula is C12H18O. The average molecular weight is 178 g/mol. The lowest BCUT2D eigenvalue weighted by molar-refractivity contribution is 0.468. The lowest BCUT2D eigenvalue weighted by Crippen LogP contribution is -1.98. The molecule has 72 valence electrons. The third kappa shape index (κ3) is 1.85. The minimum Gasteiger partial charge on any atom is -0.508 e. The average Bonchev–Trinajstić information content (AvgIpc) is 2.12. The molecule has 1 N–H and O–H groups in total. The third-order valence-electron chi connectivity index (χ3n) is 2.81. The number of aryl methyl sites for hydroxylation is 1. The Morgan fingerprint density at radius 1 is 1.31 bits per heavy atom. The summed E-state index contributed by atoms with van der Waals surface area (Å²) in [7, 11) is 0. The monoisotopic (exact) mass is 178 g/mol. The van der Waals surface area contributed by atoms with E-state index in [1.54, 1.807) is 6.07 Å². The molecule has 1 aromatic rings. The molecule has 1 rings (SSSR count). The van der Waals surface area contributed by atoms with Gasteiger partial charge < -0.3 is 5.11 Å². The van der Waals surface area contributed by atoms with Crippen LogP contribution in [0.1, 0.15) is 42.9 Å². The van der Waals surface area contributed by atoms with Gasteiger partial charge in [-0.25, -0.2) is 0 Å². The molecule has 1 aromatic carbocycles. The van der Waals surface area contributed by atoms with Crippen LogP contribution in [0.4, 0.5) is 0 Å². The fourth-order valence-corrected chi connectivity index (χ4v) is 1.81. The molecular weight excluding hydrogens is 160 g/mol. The predicted octanol–water partition coefficient (Wildman–Crippen LogP) is 3.52. The number of hydrogen-bond acceptors (Lipinski definition) is 1. The number of hydrogen-bond donors (Lipinski definition) is 1. The highest BCUT2D eigenvalue weighted by Crippen LogP contribution is 2.30. The predicted molar refractivity (Wildman–Crippen MR) is 56.3 cm³/mol. The Morgan fingerprint density at radius 2 is 1.92 bits per heavy atom. The van der Waals surface area contributed by atoms with Crippen LogP contribution in [0.15, 0.2) is 12.1 Å². The maximum Gasteiger partial charge on any atom is 0.118 e. The Labute approximate surface area is 80.4 Å². The number of benzene rings is 1. The van der Waals surface area contributed by atoms with Crippen molar-refractivity contribution in [1.29, 1.82) is 0 Å². The molecule has 0 aliphatic carbocycles. The maximum absolute atomic E-state index is 9.57. The van der Waals surface area contributed by atoms with Crippen LogP contribution in [-0.2, 0) is 0 Å². The fraction of sp³-hybridized carbons (Fsp3) is 0.500. The summed E-state index contributed by atoms with van der Waals surface area (Å²) in [4.78, 5) is 0. The zero-order valence-corrected chi connectivity index (χ0v) is 8.89. The smallest absolute Gasteiger partial charge is 0.118 e. The Morgan fingerprint density at radius 3 is 2.46 bits per heavy atom. The van der Waals surface area contributed by atoms with Crippen LogP contribution in [-0.4, -0.2) is 5.11 Å². The summed E-state index contributed by atoms with van der Waals surface area (Å²) in [5.41, 5.74) is 3.63. The molecule has 13 heavy (non-hydrogen) atoms. The van der Waals surface area contributed by atoms with Crippen molar-refractivity contribution in [2.45, 2.75) is 40.0 Å². The van der Waals surface area contributed by atoms with E-state index in [4.69, 9.17) is 0 Å². The largest absolute Gasteiger partial charge is 0.508 e. The van der Waals surface area contributed by atoms with Crippen molar-refractivity contribution in [3.05, 3.63) is 28.8 Å². The second-order valence-corrected chi connectivity index (χ2v) is 3.75. The van der Waals surface area contributed by atoms with E-state index in [1.165, 1.54) is 11.1 Å². The van der Waals surface area contributed by atoms with Crippen LogP contribution in [0.3, 0.4) is 0 Å². The first kappa shape index (κ1) is 10.1. The van der Waals surface area contributed by atoms with Crippen LogP contribution >= 0.6 is 0 Å². The van der Waals surface area contributed by atoms with Gasteiger partial charge in [0.1, 0.15) is 5.75 Å². The lowest BCUT2D eigenvalue weighted by atomic mass is 9.90. The molecule has 0 heterocycles. The molecule has 0 saturated heterocycles. The Bertz CT molecular complexity index is 302. The molecule has 0 aliphatic heterocycles. The lowest BCUT2D eigenvalue weighted by Gasteiger charge is -2.16. The number of rotatable bonds is 2. The van der Waals surface area contributed by atoms with Gasteiger partial charge in [0, 0.05) is 0 Å². The first-order chi connectivity index (χ1) is 6.07. The normalized spacial score (nSPS) is 12.9. The van der Waals surface area contributed by atoms with Crippen molar-refractivity contribution in [1.82, 2.24) is 0 Å². The Kier molecular flexibility index (Phi) is 2.97. The van der Waals surface area contributed by atoms with Gasteiger partial charge in [-0.2, -0.15) is 0 Å². The highest BCUT2D eigenvalue weighted by atomic mass is 16.3. The van der Waals surface area contributed by atoms with Crippen LogP contribution in [0.2, 0.25) is 0 Å². The topological polar surface area (TPSA) is 20.2 Å². The van der Waals surface area contributed by atoms with Gasteiger partial charge in [-0.3, -0.25) is 0 Å². The van der Waals surface area contributed by atoms with Crippen molar-refractivity contribution in [2.75, 3.05) is 0 Å². The quantitative estimate of drug-likeness (QED) is 0.734. The van der Waals surface area contributed by atoms with Gasteiger partial charge in [0.2, 0.25) is 0 Å². The summed E-state index contributed by atoms with van der Waals surface area (Å²) in [6.45, 7) is 8.47. The van der Waals surface area contributed by atoms with E-state index in [0.29, 0.717) is 11.7 Å². The summed E-state index contributed by atoms with van der Waals surface area (Å²) in [6, 6.07) is 3.76. The summed E-state index contributed by atoms with van der Waals surface area (Å²) in [5, 5.41) is 9.57. The number of aromatic hydroxyl groups is 1. The minimum absolute atomic E-state index is 0.418. The first-order valence-electron chi connectivity index (χ1n) is 4.87. The first-order valence-corrected chi connectivity index (χ1v) is 4.87. The standard InChI is InChI=1S/C12H18O/c1-5-8(2)12-9(3)6-7-11(13)10(12)4/h6-8,13H,5H2,1-4H3. The second-order valence-electron chi connectivity index (χ2n) is 3.75. The molecule has 1 atom stereocenters. The van der Waals surface area contributed by atoms with Crippen LogP contribution < -0.4 is 0 Å². The summed E-state index contributed by atoms with van der Waals surface area (Å²) in [5.74, 6) is 0.952. The van der Waals surface area contributed by atoms with Gasteiger partial charge in [-0.05, 0) is 48.9 Å². The van der Waals surface area contributed by atoms with Gasteiger partial charge in [0.15, 0.2) is 0 Å². The molecule has 0 spiro atoms. The van der Waals surface area contributed by atoms with Gasteiger partial charge in [-0.1, -0.05) is 19.9 Å². The van der Waals surface area contributed by atoms with E-state index in [9.17, 15) is 5.11 Å². The molecule has 1 heteroatoms. The van der Waals surface area contributed by atoms with E-state index in [-0.39, 0.29) is 0 Å². The molecule has 0 aliphatic rings. The molecule has 0 radical (unpaired) electrons. The summed E-state index contributed by atoms with van der Waals surface area (Å²) in [6.07, 6.45) is 1.12. The van der Waals surface area contributed by atoms with Crippen molar-refractivity contribution >= 4 is 0 Å². The summed E-state index contributed by atoms with van der Waals surface area (Å²) < 4.78 is 0. The molecule has 1 unspecified atom stereocenters. The second kappa shape index (κ2) is 3.82. The SMILES string of the molecule is CCC(C)c1c(C)ccc(O)c1C. The molecule has 0 saturated carbocycles. The van der Waals surface area contributed by atoms with Crippen LogP contribution in [0, 0.1) is 13.8 Å². The summed E-state index contributed by atoms with van der Waals surface area (Å²) >= 11 is 0. The van der Waals surface area contributed by atoms with Gasteiger partial charge in [-0.15, -0.1) is 0 Å². The fourth-order valence-electron chi connectivity index (χ4n) is 1.81. The molecule has 0 fully saturated rings. The highest BCUT2D eigenvalue weighted by molar-refractivity contribution is 5.44.